The Kier molecular flexibility index (Phi) is 5.56. The van der Waals surface area contributed by atoms with Crippen molar-refractivity contribution in [1.82, 2.24) is 20.6 Å². The van der Waals surface area contributed by atoms with Crippen LogP contribution in [0.4, 0.5) is 0 Å². The number of aliphatic hydroxyl groups excluding tert-OH is 1. The van der Waals surface area contributed by atoms with Crippen LogP contribution in [-0.2, 0) is 4.79 Å². The molecule has 1 aromatic heterocycles. The molecule has 7 nitrogen and oxygen atoms in total. The van der Waals surface area contributed by atoms with Crippen LogP contribution in [0.1, 0.15) is 49.8 Å². The number of amides is 2. The molecule has 1 heterocycles. The van der Waals surface area contributed by atoms with Gasteiger partial charge in [-0.2, -0.15) is 0 Å². The molecule has 0 bridgehead atoms. The number of aliphatic hydroxyl groups is 1. The Morgan fingerprint density at radius 2 is 1.86 bits per heavy atom. The summed E-state index contributed by atoms with van der Waals surface area (Å²) in [7, 11) is 0. The molecule has 7 heteroatoms. The molecule has 0 spiro atoms. The van der Waals surface area contributed by atoms with Crippen LogP contribution in [0, 0.1) is 12.8 Å². The highest BCUT2D eigenvalue weighted by atomic mass is 16.3. The maximum absolute atomic E-state index is 12.7. The molecule has 1 saturated carbocycles. The van der Waals surface area contributed by atoms with E-state index in [-0.39, 0.29) is 23.3 Å². The van der Waals surface area contributed by atoms with Crippen LogP contribution >= 0.6 is 0 Å². The van der Waals surface area contributed by atoms with Gasteiger partial charge in [0.2, 0.25) is 5.91 Å². The summed E-state index contributed by atoms with van der Waals surface area (Å²) in [6.45, 7) is 7.54. The van der Waals surface area contributed by atoms with E-state index in [0.29, 0.717) is 30.1 Å². The molecule has 0 radical (unpaired) electrons. The average molecular weight is 384 g/mol. The predicted molar refractivity (Wildman–Crippen MR) is 107 cm³/mol. The second-order valence-electron chi connectivity index (χ2n) is 8.48. The molecule has 0 unspecified atom stereocenters. The van der Waals surface area contributed by atoms with Gasteiger partial charge in [-0.25, -0.2) is 4.98 Å². The Balaban J connectivity index is 1.67. The molecule has 3 atom stereocenters. The molecular formula is C21H28N4O3. The molecule has 1 aromatic carbocycles. The quantitative estimate of drug-likeness (QED) is 0.648. The van der Waals surface area contributed by atoms with Crippen molar-refractivity contribution < 1.29 is 14.7 Å². The van der Waals surface area contributed by atoms with Crippen LogP contribution in [0.15, 0.2) is 30.3 Å². The van der Waals surface area contributed by atoms with E-state index in [2.05, 4.69) is 20.6 Å². The van der Waals surface area contributed by atoms with Gasteiger partial charge in [-0.05, 0) is 40.5 Å². The van der Waals surface area contributed by atoms with Crippen molar-refractivity contribution in [1.29, 1.82) is 0 Å². The molecular weight excluding hydrogens is 356 g/mol. The van der Waals surface area contributed by atoms with E-state index in [1.807, 2.05) is 51.1 Å². The lowest BCUT2D eigenvalue weighted by Gasteiger charge is -2.23. The molecule has 1 aliphatic carbocycles. The van der Waals surface area contributed by atoms with Gasteiger partial charge in [0.05, 0.1) is 12.1 Å². The van der Waals surface area contributed by atoms with Crippen LogP contribution in [0.2, 0.25) is 0 Å². The second-order valence-corrected chi connectivity index (χ2v) is 8.48. The van der Waals surface area contributed by atoms with Gasteiger partial charge < -0.3 is 20.7 Å². The number of nitrogens with one attached hydrogen (secondary N) is 3. The van der Waals surface area contributed by atoms with E-state index >= 15 is 0 Å². The van der Waals surface area contributed by atoms with Crippen molar-refractivity contribution in [3.63, 3.8) is 0 Å². The summed E-state index contributed by atoms with van der Waals surface area (Å²) in [6.07, 6.45) is -0.0154. The Hall–Kier alpha value is -2.67. The topological polar surface area (TPSA) is 107 Å². The van der Waals surface area contributed by atoms with Gasteiger partial charge in [-0.15, -0.1) is 0 Å². The van der Waals surface area contributed by atoms with Gasteiger partial charge in [-0.3, -0.25) is 9.59 Å². The summed E-state index contributed by atoms with van der Waals surface area (Å²) < 4.78 is 0. The molecule has 150 valence electrons. The Morgan fingerprint density at radius 1 is 1.18 bits per heavy atom. The number of rotatable bonds is 4. The molecule has 0 aliphatic heterocycles. The minimum Gasteiger partial charge on any atom is -0.391 e. The average Bonchev–Trinajstić information content (AvgIpc) is 3.18. The molecule has 0 saturated heterocycles. The van der Waals surface area contributed by atoms with Gasteiger partial charge in [0.15, 0.2) is 0 Å². The second kappa shape index (κ2) is 7.75. The van der Waals surface area contributed by atoms with Gasteiger partial charge >= 0.3 is 0 Å². The first kappa shape index (κ1) is 20.1. The molecule has 4 N–H and O–H groups in total. The maximum atomic E-state index is 12.7. The number of H-pyrrole nitrogens is 1. The van der Waals surface area contributed by atoms with Crippen LogP contribution < -0.4 is 10.6 Å². The fourth-order valence-corrected chi connectivity index (χ4v) is 3.51. The van der Waals surface area contributed by atoms with Gasteiger partial charge in [0, 0.05) is 22.7 Å². The number of nitrogens with zero attached hydrogens (tertiary/aromatic N) is 1. The molecule has 1 aliphatic rings. The summed E-state index contributed by atoms with van der Waals surface area (Å²) in [6, 6.07) is 9.09. The summed E-state index contributed by atoms with van der Waals surface area (Å²) in [5, 5.41) is 16.1. The highest BCUT2D eigenvalue weighted by Gasteiger charge is 2.39. The molecule has 28 heavy (non-hydrogen) atoms. The van der Waals surface area contributed by atoms with Crippen molar-refractivity contribution in [3.8, 4) is 11.4 Å². The summed E-state index contributed by atoms with van der Waals surface area (Å²) in [5.74, 6) is -0.139. The third-order valence-corrected chi connectivity index (χ3v) is 4.86. The van der Waals surface area contributed by atoms with Crippen LogP contribution in [0.25, 0.3) is 11.4 Å². The minimum atomic E-state index is -0.757. The highest BCUT2D eigenvalue weighted by molar-refractivity contribution is 5.94. The number of aryl methyl sites for hydroxylation is 1. The SMILES string of the molecule is Cc1[nH]c(-c2ccccc2)nc1C(=O)N[C@@H]1C[C@H](C(=O)NC(C)(C)C)C[C@H]1O. The van der Waals surface area contributed by atoms with E-state index < -0.39 is 12.1 Å². The largest absolute Gasteiger partial charge is 0.391 e. The Bertz CT molecular complexity index is 854. The fourth-order valence-electron chi connectivity index (χ4n) is 3.51. The number of hydrogen-bond acceptors (Lipinski definition) is 4. The van der Waals surface area contributed by atoms with Gasteiger partial charge in [-0.1, -0.05) is 30.3 Å². The molecule has 2 amide bonds. The number of benzene rings is 1. The number of hydrogen-bond donors (Lipinski definition) is 4. The Labute approximate surface area is 165 Å². The first-order valence-electron chi connectivity index (χ1n) is 9.57. The van der Waals surface area contributed by atoms with Crippen molar-refractivity contribution in [3.05, 3.63) is 41.7 Å². The van der Waals surface area contributed by atoms with Crippen molar-refractivity contribution >= 4 is 11.8 Å². The smallest absolute Gasteiger partial charge is 0.272 e. The molecule has 2 aromatic rings. The number of aromatic amines is 1. The third-order valence-electron chi connectivity index (χ3n) is 4.86. The minimum absolute atomic E-state index is 0.0920. The summed E-state index contributed by atoms with van der Waals surface area (Å²) in [4.78, 5) is 32.6. The first-order chi connectivity index (χ1) is 13.1. The summed E-state index contributed by atoms with van der Waals surface area (Å²) in [5.41, 5.74) is 1.52. The van der Waals surface area contributed by atoms with E-state index in [1.165, 1.54) is 0 Å². The normalized spacial score (nSPS) is 22.1. The monoisotopic (exact) mass is 384 g/mol. The summed E-state index contributed by atoms with van der Waals surface area (Å²) >= 11 is 0. The van der Waals surface area contributed by atoms with Gasteiger partial charge in [0.1, 0.15) is 11.5 Å². The molecule has 1 fully saturated rings. The lowest BCUT2D eigenvalue weighted by Crippen LogP contribution is -2.44. The number of imidazole rings is 1. The van der Waals surface area contributed by atoms with E-state index in [1.54, 1.807) is 6.92 Å². The van der Waals surface area contributed by atoms with Crippen molar-refractivity contribution in [2.24, 2.45) is 5.92 Å². The number of carbonyl (C=O) groups is 2. The van der Waals surface area contributed by atoms with E-state index in [4.69, 9.17) is 0 Å². The van der Waals surface area contributed by atoms with E-state index in [0.717, 1.165) is 5.56 Å². The number of aromatic nitrogens is 2. The third kappa shape index (κ3) is 4.59. The standard InChI is InChI=1S/C21H28N4O3/c1-12-17(24-18(22-12)13-8-6-5-7-9-13)20(28)23-15-10-14(11-16(15)26)19(27)25-21(2,3)4/h5-9,14-16,26H,10-11H2,1-4H3,(H,22,24)(H,23,28)(H,25,27)/t14-,15+,16+/m0/s1. The first-order valence-corrected chi connectivity index (χ1v) is 9.57. The zero-order valence-electron chi connectivity index (χ0n) is 16.7. The number of carbonyl (C=O) groups excluding carboxylic acids is 2. The zero-order chi connectivity index (χ0) is 20.5. The van der Waals surface area contributed by atoms with Gasteiger partial charge in [0.25, 0.3) is 5.91 Å². The fraction of sp³-hybridized carbons (Fsp3) is 0.476. The molecule has 3 rings (SSSR count). The zero-order valence-corrected chi connectivity index (χ0v) is 16.7. The lowest BCUT2D eigenvalue weighted by molar-refractivity contribution is -0.126. The van der Waals surface area contributed by atoms with Crippen molar-refractivity contribution in [2.45, 2.75) is 58.2 Å². The highest BCUT2D eigenvalue weighted by Crippen LogP contribution is 2.27. The van der Waals surface area contributed by atoms with E-state index in [9.17, 15) is 14.7 Å². The van der Waals surface area contributed by atoms with Crippen molar-refractivity contribution in [2.75, 3.05) is 0 Å². The van der Waals surface area contributed by atoms with Crippen LogP contribution in [0.3, 0.4) is 0 Å². The van der Waals surface area contributed by atoms with Crippen LogP contribution in [0.5, 0.6) is 0 Å². The Morgan fingerprint density at radius 3 is 2.50 bits per heavy atom. The predicted octanol–water partition coefficient (Wildman–Crippen LogP) is 2.17. The van der Waals surface area contributed by atoms with Crippen LogP contribution in [-0.4, -0.2) is 44.6 Å². The lowest BCUT2D eigenvalue weighted by atomic mass is 10.0. The maximum Gasteiger partial charge on any atom is 0.272 e.